The zero-order valence-corrected chi connectivity index (χ0v) is 9.64. The molecule has 2 rings (SSSR count). The quantitative estimate of drug-likeness (QED) is 0.504. The van der Waals surface area contributed by atoms with E-state index in [4.69, 9.17) is 23.2 Å². The molecule has 0 aromatic rings. The maximum atomic E-state index is 9.79. The lowest BCUT2D eigenvalue weighted by atomic mass is 9.86. The Morgan fingerprint density at radius 1 is 1.14 bits per heavy atom. The predicted octanol–water partition coefficient (Wildman–Crippen LogP) is 3.29. The lowest BCUT2D eigenvalue weighted by Gasteiger charge is -2.28. The molecular formula is C11H16Cl2O. The van der Waals surface area contributed by atoms with Crippen LogP contribution in [0.25, 0.3) is 0 Å². The molecule has 1 saturated carbocycles. The lowest BCUT2D eigenvalue weighted by Crippen LogP contribution is -2.32. The second kappa shape index (κ2) is 4.03. The first-order valence-corrected chi connectivity index (χ1v) is 6.09. The average molecular weight is 235 g/mol. The zero-order valence-electron chi connectivity index (χ0n) is 8.13. The third kappa shape index (κ3) is 1.82. The van der Waals surface area contributed by atoms with Crippen LogP contribution in [0.2, 0.25) is 0 Å². The van der Waals surface area contributed by atoms with E-state index in [-0.39, 0.29) is 5.92 Å². The Kier molecular flexibility index (Phi) is 3.11. The van der Waals surface area contributed by atoms with Gasteiger partial charge < -0.3 is 5.11 Å². The number of rotatable bonds is 0. The van der Waals surface area contributed by atoms with E-state index >= 15 is 0 Å². The maximum Gasteiger partial charge on any atom is 0.147 e. The number of hydrogen-bond acceptors (Lipinski definition) is 1. The minimum absolute atomic E-state index is 0.269. The minimum Gasteiger partial charge on any atom is -0.390 e. The van der Waals surface area contributed by atoms with Gasteiger partial charge in [0.1, 0.15) is 4.33 Å². The van der Waals surface area contributed by atoms with E-state index in [1.54, 1.807) is 0 Å². The number of fused-ring (bicyclic) bond motifs is 1. The van der Waals surface area contributed by atoms with E-state index in [2.05, 4.69) is 12.2 Å². The molecule has 0 aliphatic heterocycles. The third-order valence-electron chi connectivity index (χ3n) is 3.55. The molecule has 3 atom stereocenters. The molecule has 0 bridgehead atoms. The Bertz CT molecular complexity index is 237. The normalized spacial score (nSPS) is 43.8. The van der Waals surface area contributed by atoms with Crippen LogP contribution in [0.4, 0.5) is 0 Å². The smallest absolute Gasteiger partial charge is 0.147 e. The van der Waals surface area contributed by atoms with Crippen molar-refractivity contribution in [3.8, 4) is 0 Å². The molecule has 3 unspecified atom stereocenters. The van der Waals surface area contributed by atoms with Crippen molar-refractivity contribution in [2.75, 3.05) is 0 Å². The summed E-state index contributed by atoms with van der Waals surface area (Å²) in [6.45, 7) is 0. The Morgan fingerprint density at radius 3 is 2.50 bits per heavy atom. The summed E-state index contributed by atoms with van der Waals surface area (Å²) in [5.74, 6) is 0.774. The van der Waals surface area contributed by atoms with Crippen molar-refractivity contribution in [1.82, 2.24) is 0 Å². The van der Waals surface area contributed by atoms with Gasteiger partial charge in [-0.1, -0.05) is 35.4 Å². The number of aliphatic hydroxyl groups excluding tert-OH is 1. The molecule has 0 aromatic heterocycles. The number of hydrogen-bond donors (Lipinski definition) is 1. The van der Waals surface area contributed by atoms with Gasteiger partial charge in [0.05, 0.1) is 6.10 Å². The van der Waals surface area contributed by atoms with Gasteiger partial charge in [-0.3, -0.25) is 0 Å². The van der Waals surface area contributed by atoms with E-state index < -0.39 is 10.4 Å². The van der Waals surface area contributed by atoms with Gasteiger partial charge in [-0.15, -0.1) is 0 Å². The van der Waals surface area contributed by atoms with Gasteiger partial charge in [-0.05, 0) is 43.9 Å². The van der Waals surface area contributed by atoms with Gasteiger partial charge in [-0.25, -0.2) is 0 Å². The van der Waals surface area contributed by atoms with Gasteiger partial charge in [0, 0.05) is 0 Å². The van der Waals surface area contributed by atoms with E-state index in [1.807, 2.05) is 0 Å². The fourth-order valence-corrected chi connectivity index (χ4v) is 3.49. The molecule has 1 fully saturated rings. The fraction of sp³-hybridized carbons (Fsp3) is 0.818. The zero-order chi connectivity index (χ0) is 10.2. The van der Waals surface area contributed by atoms with Crippen LogP contribution in [-0.2, 0) is 0 Å². The molecule has 1 N–H and O–H groups in total. The number of alkyl halides is 2. The lowest BCUT2D eigenvalue weighted by molar-refractivity contribution is 0.165. The molecule has 2 aliphatic rings. The first kappa shape index (κ1) is 10.8. The highest BCUT2D eigenvalue weighted by molar-refractivity contribution is 6.49. The van der Waals surface area contributed by atoms with Crippen molar-refractivity contribution in [3.63, 3.8) is 0 Å². The topological polar surface area (TPSA) is 20.2 Å². The molecule has 0 radical (unpaired) electrons. The highest BCUT2D eigenvalue weighted by atomic mass is 35.5. The minimum atomic E-state index is -0.907. The first-order chi connectivity index (χ1) is 6.62. The second-order valence-electron chi connectivity index (χ2n) is 4.42. The van der Waals surface area contributed by atoms with Crippen LogP contribution in [0.15, 0.2) is 12.2 Å². The molecule has 1 nitrogen and oxygen atoms in total. The van der Waals surface area contributed by atoms with E-state index in [9.17, 15) is 5.11 Å². The molecule has 80 valence electrons. The summed E-state index contributed by atoms with van der Waals surface area (Å²) < 4.78 is -0.907. The van der Waals surface area contributed by atoms with Gasteiger partial charge in [-0.2, -0.15) is 0 Å². The maximum absolute atomic E-state index is 9.79. The molecule has 0 saturated heterocycles. The monoisotopic (exact) mass is 234 g/mol. The van der Waals surface area contributed by atoms with Crippen molar-refractivity contribution in [2.24, 2.45) is 11.8 Å². The number of aliphatic hydroxyl groups is 1. The highest BCUT2D eigenvalue weighted by Gasteiger charge is 2.51. The molecular weight excluding hydrogens is 219 g/mol. The standard InChI is InChI=1S/C11H16Cl2O/c12-11(13)9-6-4-2-1-3-5-8(9)7-10(11)14/h1-2,8-10,14H,3-7H2/b2-1-. The van der Waals surface area contributed by atoms with E-state index in [1.165, 1.54) is 0 Å². The van der Waals surface area contributed by atoms with Crippen molar-refractivity contribution >= 4 is 23.2 Å². The first-order valence-electron chi connectivity index (χ1n) is 5.33. The Labute approximate surface area is 95.1 Å². The molecule has 0 aromatic carbocycles. The number of allylic oxidation sites excluding steroid dienone is 2. The fourth-order valence-electron chi connectivity index (χ4n) is 2.74. The van der Waals surface area contributed by atoms with Gasteiger partial charge in [0.25, 0.3) is 0 Å². The summed E-state index contributed by atoms with van der Waals surface area (Å²) in [7, 11) is 0. The summed E-state index contributed by atoms with van der Waals surface area (Å²) in [4.78, 5) is 0. The summed E-state index contributed by atoms with van der Waals surface area (Å²) in [6.07, 6.45) is 8.90. The van der Waals surface area contributed by atoms with Gasteiger partial charge in [0.15, 0.2) is 0 Å². The molecule has 14 heavy (non-hydrogen) atoms. The van der Waals surface area contributed by atoms with Crippen LogP contribution in [0.3, 0.4) is 0 Å². The summed E-state index contributed by atoms with van der Waals surface area (Å²) in [5.41, 5.74) is 0. The van der Waals surface area contributed by atoms with Crippen LogP contribution < -0.4 is 0 Å². The van der Waals surface area contributed by atoms with Crippen LogP contribution in [0.5, 0.6) is 0 Å². The summed E-state index contributed by atoms with van der Waals surface area (Å²) in [5, 5.41) is 9.79. The van der Waals surface area contributed by atoms with Crippen LogP contribution in [0.1, 0.15) is 32.1 Å². The molecule has 0 heterocycles. The highest BCUT2D eigenvalue weighted by Crippen LogP contribution is 2.51. The molecule has 0 spiro atoms. The second-order valence-corrected chi connectivity index (χ2v) is 5.86. The van der Waals surface area contributed by atoms with Gasteiger partial charge >= 0.3 is 0 Å². The van der Waals surface area contributed by atoms with Crippen molar-refractivity contribution in [1.29, 1.82) is 0 Å². The van der Waals surface area contributed by atoms with Crippen molar-refractivity contribution in [2.45, 2.75) is 42.5 Å². The number of halogens is 2. The van der Waals surface area contributed by atoms with Crippen LogP contribution in [0, 0.1) is 11.8 Å². The van der Waals surface area contributed by atoms with E-state index in [0.717, 1.165) is 32.1 Å². The Hall–Kier alpha value is 0.280. The molecule has 0 amide bonds. The van der Waals surface area contributed by atoms with E-state index in [0.29, 0.717) is 5.92 Å². The predicted molar refractivity (Wildman–Crippen MR) is 59.6 cm³/mol. The third-order valence-corrected chi connectivity index (χ3v) is 4.61. The van der Waals surface area contributed by atoms with Crippen LogP contribution in [-0.4, -0.2) is 15.5 Å². The SMILES string of the molecule is OC1CC2CC/C=C\CCC2C1(Cl)Cl. The van der Waals surface area contributed by atoms with Crippen molar-refractivity contribution < 1.29 is 5.11 Å². The summed E-state index contributed by atoms with van der Waals surface area (Å²) >= 11 is 12.4. The average Bonchev–Trinajstić information content (AvgIpc) is 2.26. The largest absolute Gasteiger partial charge is 0.390 e. The van der Waals surface area contributed by atoms with Gasteiger partial charge in [0.2, 0.25) is 0 Å². The molecule has 2 aliphatic carbocycles. The molecule has 3 heteroatoms. The Morgan fingerprint density at radius 2 is 1.79 bits per heavy atom. The summed E-state index contributed by atoms with van der Waals surface area (Å²) in [6, 6.07) is 0. The Balaban J connectivity index is 2.15. The van der Waals surface area contributed by atoms with Crippen molar-refractivity contribution in [3.05, 3.63) is 12.2 Å². The van der Waals surface area contributed by atoms with Crippen LogP contribution >= 0.6 is 23.2 Å².